The third kappa shape index (κ3) is 9.70. The Hall–Kier alpha value is -3.10. The van der Waals surface area contributed by atoms with Crippen molar-refractivity contribution in [1.29, 1.82) is 0 Å². The van der Waals surface area contributed by atoms with Gasteiger partial charge in [0, 0.05) is 5.54 Å². The Labute approximate surface area is 221 Å². The first kappa shape index (κ1) is 31.9. The van der Waals surface area contributed by atoms with E-state index in [1.807, 2.05) is 53.7 Å². The Morgan fingerprint density at radius 2 is 1.62 bits per heavy atom. The highest BCUT2D eigenvalue weighted by Crippen LogP contribution is 2.34. The van der Waals surface area contributed by atoms with Gasteiger partial charge in [-0.15, -0.1) is 0 Å². The molecule has 1 rings (SSSR count). The van der Waals surface area contributed by atoms with Crippen molar-refractivity contribution in [1.82, 2.24) is 15.5 Å². The number of hydrogen-bond acceptors (Lipinski definition) is 6. The number of nitrogens with one attached hydrogen (secondary N) is 2. The van der Waals surface area contributed by atoms with Gasteiger partial charge in [0.15, 0.2) is 0 Å². The van der Waals surface area contributed by atoms with E-state index in [2.05, 4.69) is 15.4 Å². The minimum absolute atomic E-state index is 0.0699. The molecular formula is C28H45N3O6. The van der Waals surface area contributed by atoms with Crippen molar-refractivity contribution in [3.8, 4) is 0 Å². The van der Waals surface area contributed by atoms with E-state index in [0.29, 0.717) is 18.4 Å². The maximum atomic E-state index is 14.3. The van der Waals surface area contributed by atoms with Crippen LogP contribution in [0.5, 0.6) is 0 Å². The van der Waals surface area contributed by atoms with Gasteiger partial charge < -0.3 is 25.0 Å². The second-order valence-electron chi connectivity index (χ2n) is 11.3. The van der Waals surface area contributed by atoms with Crippen LogP contribution < -0.4 is 10.6 Å². The Morgan fingerprint density at radius 1 is 1.03 bits per heavy atom. The molecule has 2 atom stereocenters. The molecule has 1 aromatic carbocycles. The number of aryl methyl sites for hydroxylation is 1. The van der Waals surface area contributed by atoms with Gasteiger partial charge in [-0.05, 0) is 71.4 Å². The lowest BCUT2D eigenvalue weighted by molar-refractivity contribution is -0.150. The lowest BCUT2D eigenvalue weighted by atomic mass is 9.89. The van der Waals surface area contributed by atoms with Crippen molar-refractivity contribution >= 4 is 23.9 Å². The van der Waals surface area contributed by atoms with Crippen molar-refractivity contribution < 1.29 is 28.7 Å². The van der Waals surface area contributed by atoms with Gasteiger partial charge >= 0.3 is 12.1 Å². The van der Waals surface area contributed by atoms with Crippen LogP contribution in [0.15, 0.2) is 24.3 Å². The fraction of sp³-hybridized carbons (Fsp3) is 0.643. The second kappa shape index (κ2) is 13.4. The van der Waals surface area contributed by atoms with Crippen molar-refractivity contribution in [3.63, 3.8) is 0 Å². The summed E-state index contributed by atoms with van der Waals surface area (Å²) < 4.78 is 10.1. The third-order valence-electron chi connectivity index (χ3n) is 6.08. The maximum absolute atomic E-state index is 14.3. The van der Waals surface area contributed by atoms with E-state index in [-0.39, 0.29) is 12.5 Å². The molecule has 0 aliphatic heterocycles. The number of amides is 3. The number of hydrogen-bond donors (Lipinski definition) is 2. The molecule has 0 heterocycles. The summed E-state index contributed by atoms with van der Waals surface area (Å²) in [4.78, 5) is 54.0. The Balaban J connectivity index is 3.64. The highest BCUT2D eigenvalue weighted by molar-refractivity contribution is 5.93. The molecule has 9 nitrogen and oxygen atoms in total. The van der Waals surface area contributed by atoms with Crippen LogP contribution in [0.4, 0.5) is 4.79 Å². The van der Waals surface area contributed by atoms with Crippen LogP contribution in [0.2, 0.25) is 0 Å². The number of carbonyl (C=O) groups is 4. The van der Waals surface area contributed by atoms with Gasteiger partial charge in [-0.2, -0.15) is 0 Å². The summed E-state index contributed by atoms with van der Waals surface area (Å²) in [6.45, 7) is 16.4. The highest BCUT2D eigenvalue weighted by Gasteiger charge is 2.43. The van der Waals surface area contributed by atoms with E-state index in [4.69, 9.17) is 4.74 Å². The van der Waals surface area contributed by atoms with Gasteiger partial charge in [0.25, 0.3) is 0 Å². The van der Waals surface area contributed by atoms with Crippen LogP contribution in [0.3, 0.4) is 0 Å². The molecule has 208 valence electrons. The quantitative estimate of drug-likeness (QED) is 0.422. The van der Waals surface area contributed by atoms with Crippen LogP contribution in [0, 0.1) is 12.8 Å². The summed E-state index contributed by atoms with van der Waals surface area (Å²) in [5.74, 6) is -1.46. The minimum atomic E-state index is -1.05. The Morgan fingerprint density at radius 3 is 2.11 bits per heavy atom. The average Bonchev–Trinajstić information content (AvgIpc) is 2.78. The van der Waals surface area contributed by atoms with Crippen molar-refractivity contribution in [2.75, 3.05) is 13.7 Å². The largest absolute Gasteiger partial charge is 0.468 e. The van der Waals surface area contributed by atoms with Gasteiger partial charge in [0.1, 0.15) is 24.2 Å². The third-order valence-corrected chi connectivity index (χ3v) is 6.08. The standard InChI is InChI=1S/C28H45N3O6/c1-11-28(8,9)31(25(34)21(16-18(2)3)30-26(35)37-27(5,6)7)23(20-15-13-12-14-19(20)4)24(33)29-17-22(32)36-10/h12-15,18,21,23H,11,16-17H2,1-10H3,(H,29,33)(H,30,35). The van der Waals surface area contributed by atoms with Crippen LogP contribution in [-0.4, -0.2) is 59.6 Å². The van der Waals surface area contributed by atoms with Crippen LogP contribution in [-0.2, 0) is 23.9 Å². The molecular weight excluding hydrogens is 474 g/mol. The lowest BCUT2D eigenvalue weighted by Gasteiger charge is -2.45. The number of alkyl carbamates (subject to hydrolysis) is 1. The van der Waals surface area contributed by atoms with Crippen molar-refractivity contribution in [3.05, 3.63) is 35.4 Å². The zero-order chi connectivity index (χ0) is 28.6. The number of nitrogens with zero attached hydrogens (tertiary/aromatic N) is 1. The van der Waals surface area contributed by atoms with E-state index in [1.165, 1.54) is 12.0 Å². The first-order chi connectivity index (χ1) is 17.0. The molecule has 2 N–H and O–H groups in total. The van der Waals surface area contributed by atoms with Gasteiger partial charge in [-0.3, -0.25) is 14.4 Å². The zero-order valence-electron chi connectivity index (χ0n) is 24.1. The number of rotatable bonds is 11. The summed E-state index contributed by atoms with van der Waals surface area (Å²) in [5.41, 5.74) is -0.0847. The molecule has 0 saturated heterocycles. The fourth-order valence-electron chi connectivity index (χ4n) is 3.88. The molecule has 0 saturated carbocycles. The van der Waals surface area contributed by atoms with Crippen LogP contribution >= 0.6 is 0 Å². The van der Waals surface area contributed by atoms with E-state index in [0.717, 1.165) is 5.56 Å². The SMILES string of the molecule is CCC(C)(C)N(C(=O)C(CC(C)C)NC(=O)OC(C)(C)C)C(C(=O)NCC(=O)OC)c1ccccc1C. The van der Waals surface area contributed by atoms with E-state index in [9.17, 15) is 19.2 Å². The zero-order valence-corrected chi connectivity index (χ0v) is 24.1. The number of carbonyl (C=O) groups excluding carboxylic acids is 4. The average molecular weight is 520 g/mol. The monoisotopic (exact) mass is 519 g/mol. The molecule has 0 bridgehead atoms. The predicted octanol–water partition coefficient (Wildman–Crippen LogP) is 4.28. The van der Waals surface area contributed by atoms with Gasteiger partial charge in [-0.25, -0.2) is 4.79 Å². The van der Waals surface area contributed by atoms with Crippen molar-refractivity contribution in [2.45, 2.75) is 98.4 Å². The summed E-state index contributed by atoms with van der Waals surface area (Å²) >= 11 is 0. The first-order valence-electron chi connectivity index (χ1n) is 12.8. The predicted molar refractivity (Wildman–Crippen MR) is 143 cm³/mol. The molecule has 9 heteroatoms. The van der Waals surface area contributed by atoms with Crippen LogP contribution in [0.1, 0.15) is 85.4 Å². The second-order valence-corrected chi connectivity index (χ2v) is 11.3. The number of ether oxygens (including phenoxy) is 2. The Bertz CT molecular complexity index is 951. The number of esters is 1. The van der Waals surface area contributed by atoms with Crippen molar-refractivity contribution in [2.24, 2.45) is 5.92 Å². The van der Waals surface area contributed by atoms with E-state index < -0.39 is 47.1 Å². The maximum Gasteiger partial charge on any atom is 0.408 e. The molecule has 0 aromatic heterocycles. The molecule has 0 aliphatic rings. The van der Waals surface area contributed by atoms with E-state index in [1.54, 1.807) is 32.9 Å². The van der Waals surface area contributed by atoms with E-state index >= 15 is 0 Å². The van der Waals surface area contributed by atoms with Gasteiger partial charge in [0.05, 0.1) is 7.11 Å². The normalized spacial score (nSPS) is 13.4. The highest BCUT2D eigenvalue weighted by atomic mass is 16.6. The topological polar surface area (TPSA) is 114 Å². The summed E-state index contributed by atoms with van der Waals surface area (Å²) in [7, 11) is 1.24. The molecule has 3 amide bonds. The lowest BCUT2D eigenvalue weighted by Crippen LogP contribution is -2.59. The number of benzene rings is 1. The molecule has 0 fully saturated rings. The summed E-state index contributed by atoms with van der Waals surface area (Å²) in [5, 5.41) is 5.37. The minimum Gasteiger partial charge on any atom is -0.468 e. The first-order valence-corrected chi connectivity index (χ1v) is 12.8. The fourth-order valence-corrected chi connectivity index (χ4v) is 3.88. The smallest absolute Gasteiger partial charge is 0.408 e. The molecule has 0 spiro atoms. The molecule has 37 heavy (non-hydrogen) atoms. The van der Waals surface area contributed by atoms with Gasteiger partial charge in [0.2, 0.25) is 11.8 Å². The van der Waals surface area contributed by atoms with Crippen LogP contribution in [0.25, 0.3) is 0 Å². The summed E-state index contributed by atoms with van der Waals surface area (Å²) in [6, 6.07) is 5.33. The molecule has 0 aliphatic carbocycles. The van der Waals surface area contributed by atoms with Gasteiger partial charge in [-0.1, -0.05) is 45.0 Å². The molecule has 1 aromatic rings. The summed E-state index contributed by atoms with van der Waals surface area (Å²) in [6.07, 6.45) is 0.175. The number of methoxy groups -OCH3 is 1. The Kier molecular flexibility index (Phi) is 11.6. The molecule has 2 unspecified atom stereocenters. The molecule has 0 radical (unpaired) electrons.